The highest BCUT2D eigenvalue weighted by atomic mass is 19.4. The van der Waals surface area contributed by atoms with Crippen LogP contribution in [0.5, 0.6) is 0 Å². The van der Waals surface area contributed by atoms with Gasteiger partial charge in [0.05, 0.1) is 0 Å². The fraction of sp³-hybridized carbons (Fsp3) is 0.333. The molecule has 2 N–H and O–H groups in total. The normalized spacial score (nSPS) is 14.7. The van der Waals surface area contributed by atoms with Gasteiger partial charge in [-0.15, -0.1) is 0 Å². The van der Waals surface area contributed by atoms with E-state index in [1.807, 2.05) is 5.32 Å². The molecular weight excluding hydrogens is 406 g/mol. The smallest absolute Gasteiger partial charge is 0.407 e. The van der Waals surface area contributed by atoms with Gasteiger partial charge in [-0.05, 0) is 43.7 Å². The lowest BCUT2D eigenvalue weighted by Gasteiger charge is -2.28. The molecule has 0 radical (unpaired) electrons. The van der Waals surface area contributed by atoms with Crippen molar-refractivity contribution in [1.29, 1.82) is 0 Å². The maximum Gasteiger partial charge on any atom is 0.407 e. The number of hydrogen-bond acceptors (Lipinski definition) is 4. The van der Waals surface area contributed by atoms with Gasteiger partial charge in [0.15, 0.2) is 0 Å². The quantitative estimate of drug-likeness (QED) is 0.403. The Morgan fingerprint density at radius 3 is 2.37 bits per heavy atom. The monoisotopic (exact) mass is 425 g/mol. The molecule has 0 aliphatic rings. The molecule has 2 unspecified atom stereocenters. The summed E-state index contributed by atoms with van der Waals surface area (Å²) in [6, 6.07) is 4.33. The molecular formula is C21H19F4NO4. The summed E-state index contributed by atoms with van der Waals surface area (Å²) in [5.74, 6) is -1.58. The average Bonchev–Trinajstić information content (AvgIpc) is 2.99. The van der Waals surface area contributed by atoms with Crippen molar-refractivity contribution in [3.8, 4) is 0 Å². The van der Waals surface area contributed by atoms with E-state index in [9.17, 15) is 32.3 Å². The first-order valence-electron chi connectivity index (χ1n) is 9.05. The predicted molar refractivity (Wildman–Crippen MR) is 102 cm³/mol. The summed E-state index contributed by atoms with van der Waals surface area (Å²) in [6.45, 7) is 2.20. The number of aldehydes is 1. The summed E-state index contributed by atoms with van der Waals surface area (Å²) < 4.78 is 60.8. The van der Waals surface area contributed by atoms with Crippen molar-refractivity contribution in [3.63, 3.8) is 0 Å². The second-order valence-electron chi connectivity index (χ2n) is 7.69. The lowest BCUT2D eigenvalue weighted by molar-refractivity contribution is -0.164. The summed E-state index contributed by atoms with van der Waals surface area (Å²) in [7, 11) is 0. The largest absolute Gasteiger partial charge is 0.480 e. The summed E-state index contributed by atoms with van der Waals surface area (Å²) in [5, 5.41) is 12.4. The molecule has 0 fully saturated rings. The van der Waals surface area contributed by atoms with Crippen molar-refractivity contribution >= 4 is 34.2 Å². The number of hydrogen-bond donors (Lipinski definition) is 2. The molecule has 9 heteroatoms. The zero-order valence-corrected chi connectivity index (χ0v) is 16.1. The van der Waals surface area contributed by atoms with Gasteiger partial charge in [0, 0.05) is 22.8 Å². The van der Waals surface area contributed by atoms with Gasteiger partial charge in [-0.3, -0.25) is 14.9 Å². The Bertz CT molecular complexity index is 1100. The van der Waals surface area contributed by atoms with Crippen LogP contribution in [-0.2, 0) is 4.79 Å². The molecule has 0 aliphatic heterocycles. The fourth-order valence-electron chi connectivity index (χ4n) is 3.35. The van der Waals surface area contributed by atoms with E-state index in [-0.39, 0.29) is 11.1 Å². The molecule has 0 saturated heterocycles. The van der Waals surface area contributed by atoms with Gasteiger partial charge in [-0.2, -0.15) is 13.2 Å². The number of halogens is 4. The molecule has 1 aromatic heterocycles. The van der Waals surface area contributed by atoms with Crippen LogP contribution in [0.15, 0.2) is 40.8 Å². The lowest BCUT2D eigenvalue weighted by Crippen LogP contribution is -2.47. The Labute approximate surface area is 168 Å². The number of rotatable bonds is 7. The van der Waals surface area contributed by atoms with E-state index in [4.69, 9.17) is 4.42 Å². The van der Waals surface area contributed by atoms with Crippen LogP contribution in [0.2, 0.25) is 0 Å². The molecule has 0 amide bonds. The predicted octanol–water partition coefficient (Wildman–Crippen LogP) is 5.18. The number of nitrogens with one attached hydrogen (secondary N) is 1. The van der Waals surface area contributed by atoms with E-state index in [2.05, 4.69) is 0 Å². The molecule has 3 aromatic rings. The highest BCUT2D eigenvalue weighted by Crippen LogP contribution is 2.37. The molecule has 0 spiro atoms. The van der Waals surface area contributed by atoms with Gasteiger partial charge in [0.1, 0.15) is 35.2 Å². The average molecular weight is 425 g/mol. The Hall–Kier alpha value is -2.94. The van der Waals surface area contributed by atoms with Crippen LogP contribution in [-0.4, -0.2) is 35.2 Å². The highest BCUT2D eigenvalue weighted by Gasteiger charge is 2.44. The van der Waals surface area contributed by atoms with E-state index >= 15 is 0 Å². The van der Waals surface area contributed by atoms with Gasteiger partial charge in [0.25, 0.3) is 0 Å². The third-order valence-corrected chi connectivity index (χ3v) is 4.67. The zero-order valence-electron chi connectivity index (χ0n) is 16.1. The summed E-state index contributed by atoms with van der Waals surface area (Å²) in [5.41, 5.74) is -1.31. The Balaban J connectivity index is 2.04. The minimum Gasteiger partial charge on any atom is -0.480 e. The summed E-state index contributed by atoms with van der Waals surface area (Å²) in [6.07, 6.45) is -4.83. The van der Waals surface area contributed by atoms with Crippen LogP contribution in [0.25, 0.3) is 21.9 Å². The molecule has 30 heavy (non-hydrogen) atoms. The number of carbonyl (C=O) groups is 2. The molecule has 1 heterocycles. The zero-order chi connectivity index (χ0) is 22.3. The topological polar surface area (TPSA) is 79.5 Å². The Morgan fingerprint density at radius 1 is 1.10 bits per heavy atom. The number of carboxylic acids is 1. The molecule has 2 atom stereocenters. The third-order valence-electron chi connectivity index (χ3n) is 4.67. The summed E-state index contributed by atoms with van der Waals surface area (Å²) in [4.78, 5) is 22.4. The van der Waals surface area contributed by atoms with Crippen LogP contribution in [0, 0.1) is 0 Å². The van der Waals surface area contributed by atoms with Gasteiger partial charge in [0.2, 0.25) is 0 Å². The van der Waals surface area contributed by atoms with Gasteiger partial charge in [-0.25, -0.2) is 4.39 Å². The number of furan rings is 1. The molecule has 160 valence electrons. The number of alkyl halides is 4. The first-order valence-corrected chi connectivity index (χ1v) is 9.05. The van der Waals surface area contributed by atoms with Crippen LogP contribution in [0.1, 0.15) is 42.2 Å². The van der Waals surface area contributed by atoms with Crippen LogP contribution in [0.4, 0.5) is 17.6 Å². The van der Waals surface area contributed by atoms with E-state index in [1.54, 1.807) is 12.1 Å². The van der Waals surface area contributed by atoms with Crippen molar-refractivity contribution in [1.82, 2.24) is 5.32 Å². The van der Waals surface area contributed by atoms with Crippen LogP contribution in [0.3, 0.4) is 0 Å². The molecule has 5 nitrogen and oxygen atoms in total. The summed E-state index contributed by atoms with van der Waals surface area (Å²) >= 11 is 0. The maximum absolute atomic E-state index is 13.9. The number of benzene rings is 2. The van der Waals surface area contributed by atoms with Crippen LogP contribution < -0.4 is 5.32 Å². The standard InChI is InChI=1S/C21H19F4NO4/c1-20(2,22)9-15(19(28)29)26-18(21(23,24)25)12-4-5-13-14-7-11(10-27)3-6-16(14)30-17(13)8-12/h3-8,10,15,18,26H,9H2,1-2H3,(H,28,29). The lowest BCUT2D eigenvalue weighted by atomic mass is 9.97. The first kappa shape index (κ1) is 21.8. The van der Waals surface area contributed by atoms with Crippen molar-refractivity contribution in [2.45, 2.75) is 44.2 Å². The molecule has 2 aromatic carbocycles. The van der Waals surface area contributed by atoms with Crippen molar-refractivity contribution in [3.05, 3.63) is 47.5 Å². The van der Waals surface area contributed by atoms with Gasteiger partial charge < -0.3 is 9.52 Å². The Morgan fingerprint density at radius 2 is 1.80 bits per heavy atom. The first-order chi connectivity index (χ1) is 13.9. The molecule has 3 rings (SSSR count). The van der Waals surface area contributed by atoms with E-state index in [0.29, 0.717) is 28.2 Å². The third kappa shape index (κ3) is 4.62. The molecule has 0 bridgehead atoms. The number of carboxylic acid groups (broad SMARTS) is 1. The second kappa shape index (κ2) is 7.71. The van der Waals surface area contributed by atoms with Crippen molar-refractivity contribution < 1.29 is 36.7 Å². The fourth-order valence-corrected chi connectivity index (χ4v) is 3.35. The van der Waals surface area contributed by atoms with E-state index in [1.165, 1.54) is 24.3 Å². The highest BCUT2D eigenvalue weighted by molar-refractivity contribution is 6.06. The maximum atomic E-state index is 13.9. The minimum absolute atomic E-state index is 0.152. The molecule has 0 saturated carbocycles. The van der Waals surface area contributed by atoms with E-state index < -0.39 is 36.3 Å². The SMILES string of the molecule is CC(C)(F)CC(NC(c1ccc2c(c1)oc1ccc(C=O)cc12)C(F)(F)F)C(=O)O. The van der Waals surface area contributed by atoms with Gasteiger partial charge >= 0.3 is 12.1 Å². The van der Waals surface area contributed by atoms with E-state index in [0.717, 1.165) is 13.8 Å². The number of aliphatic carboxylic acids is 1. The number of fused-ring (bicyclic) bond motifs is 3. The molecule has 0 aliphatic carbocycles. The minimum atomic E-state index is -4.83. The second-order valence-corrected chi connectivity index (χ2v) is 7.69. The Kier molecular flexibility index (Phi) is 5.60. The van der Waals surface area contributed by atoms with Crippen LogP contribution >= 0.6 is 0 Å². The van der Waals surface area contributed by atoms with Crippen molar-refractivity contribution in [2.75, 3.05) is 0 Å². The van der Waals surface area contributed by atoms with Crippen molar-refractivity contribution in [2.24, 2.45) is 0 Å². The van der Waals surface area contributed by atoms with Gasteiger partial charge in [-0.1, -0.05) is 12.1 Å². The number of carbonyl (C=O) groups excluding carboxylic acids is 1.